The Hall–Kier alpha value is -2.29. The first-order valence-electron chi connectivity index (χ1n) is 7.56. The summed E-state index contributed by atoms with van der Waals surface area (Å²) in [7, 11) is 0. The van der Waals surface area contributed by atoms with Crippen LogP contribution in [0.1, 0.15) is 36.8 Å². The molecule has 0 fully saturated rings. The summed E-state index contributed by atoms with van der Waals surface area (Å²) in [4.78, 5) is 11.7. The maximum absolute atomic E-state index is 11.7. The van der Waals surface area contributed by atoms with Crippen molar-refractivity contribution in [2.75, 3.05) is 13.2 Å². The fourth-order valence-electron chi connectivity index (χ4n) is 2.18. The Balaban J connectivity index is 1.72. The van der Waals surface area contributed by atoms with Gasteiger partial charge in [0.25, 0.3) is 0 Å². The molecule has 0 aliphatic rings. The summed E-state index contributed by atoms with van der Waals surface area (Å²) in [5, 5.41) is 0. The van der Waals surface area contributed by atoms with E-state index >= 15 is 0 Å². The lowest BCUT2D eigenvalue weighted by Gasteiger charge is -2.14. The van der Waals surface area contributed by atoms with Gasteiger partial charge in [0, 0.05) is 11.8 Å². The van der Waals surface area contributed by atoms with E-state index in [0.29, 0.717) is 13.2 Å². The van der Waals surface area contributed by atoms with Gasteiger partial charge in [0.15, 0.2) is 0 Å². The maximum Gasteiger partial charge on any atom is 0.508 e. The lowest BCUT2D eigenvalue weighted by molar-refractivity contribution is 0.0487. The largest absolute Gasteiger partial charge is 0.508 e. The number of carbonyl (C=O) groups is 1. The summed E-state index contributed by atoms with van der Waals surface area (Å²) >= 11 is 0. The van der Waals surface area contributed by atoms with Crippen molar-refractivity contribution >= 4 is 6.16 Å². The van der Waals surface area contributed by atoms with Crippen LogP contribution in [0.3, 0.4) is 0 Å². The lowest BCUT2D eigenvalue weighted by atomic mass is 10.0. The van der Waals surface area contributed by atoms with Gasteiger partial charge in [-0.2, -0.15) is 0 Å². The molecule has 2 aromatic rings. The first-order valence-corrected chi connectivity index (χ1v) is 7.56. The fourth-order valence-corrected chi connectivity index (χ4v) is 2.18. The van der Waals surface area contributed by atoms with E-state index in [-0.39, 0.29) is 11.8 Å². The van der Waals surface area contributed by atoms with Crippen molar-refractivity contribution < 1.29 is 14.3 Å². The van der Waals surface area contributed by atoms with Crippen LogP contribution in [0.25, 0.3) is 0 Å². The number of hydrogen-bond acceptors (Lipinski definition) is 3. The first-order chi connectivity index (χ1) is 10.7. The summed E-state index contributed by atoms with van der Waals surface area (Å²) in [6, 6.07) is 19.9. The molecule has 0 bridgehead atoms. The molecule has 116 valence electrons. The Morgan fingerprint density at radius 2 is 1.14 bits per heavy atom. The van der Waals surface area contributed by atoms with Crippen LogP contribution >= 0.6 is 0 Å². The smallest absolute Gasteiger partial charge is 0.434 e. The van der Waals surface area contributed by atoms with Gasteiger partial charge in [-0.05, 0) is 11.1 Å². The van der Waals surface area contributed by atoms with Crippen molar-refractivity contribution in [3.8, 4) is 0 Å². The van der Waals surface area contributed by atoms with E-state index in [9.17, 15) is 4.79 Å². The number of rotatable bonds is 6. The molecule has 3 heteroatoms. The Bertz CT molecular complexity index is 514. The predicted octanol–water partition coefficient (Wildman–Crippen LogP) is 4.75. The van der Waals surface area contributed by atoms with Crippen LogP contribution in [-0.4, -0.2) is 19.4 Å². The molecule has 2 rings (SSSR count). The van der Waals surface area contributed by atoms with Gasteiger partial charge in [0.05, 0.1) is 0 Å². The summed E-state index contributed by atoms with van der Waals surface area (Å²) in [5.41, 5.74) is 2.29. The maximum atomic E-state index is 11.7. The third kappa shape index (κ3) is 4.92. The topological polar surface area (TPSA) is 35.5 Å². The highest BCUT2D eigenvalue weighted by Gasteiger charge is 2.12. The minimum atomic E-state index is -0.606. The molecule has 3 nitrogen and oxygen atoms in total. The molecule has 2 aromatic carbocycles. The molecule has 2 atom stereocenters. The average molecular weight is 298 g/mol. The highest BCUT2D eigenvalue weighted by atomic mass is 16.7. The van der Waals surface area contributed by atoms with Gasteiger partial charge >= 0.3 is 6.16 Å². The van der Waals surface area contributed by atoms with E-state index < -0.39 is 6.16 Å². The Morgan fingerprint density at radius 3 is 1.50 bits per heavy atom. The molecule has 0 radical (unpaired) electrons. The van der Waals surface area contributed by atoms with Crippen molar-refractivity contribution in [2.45, 2.75) is 25.7 Å². The van der Waals surface area contributed by atoms with E-state index in [1.165, 1.54) is 0 Å². The van der Waals surface area contributed by atoms with Crippen molar-refractivity contribution in [2.24, 2.45) is 0 Å². The third-order valence-electron chi connectivity index (χ3n) is 3.64. The molecule has 0 saturated heterocycles. The van der Waals surface area contributed by atoms with E-state index in [1.54, 1.807) is 0 Å². The highest BCUT2D eigenvalue weighted by Crippen LogP contribution is 2.16. The fraction of sp³-hybridized carbons (Fsp3) is 0.316. The quantitative estimate of drug-likeness (QED) is 0.722. The summed E-state index contributed by atoms with van der Waals surface area (Å²) in [5.74, 6) is 0.306. The number of carbonyl (C=O) groups excluding carboxylic acids is 1. The molecule has 2 unspecified atom stereocenters. The molecule has 0 spiro atoms. The van der Waals surface area contributed by atoms with E-state index in [0.717, 1.165) is 11.1 Å². The van der Waals surface area contributed by atoms with Crippen LogP contribution in [-0.2, 0) is 9.47 Å². The molecular formula is C19H22O3. The van der Waals surface area contributed by atoms with Crippen LogP contribution in [0.2, 0.25) is 0 Å². The minimum Gasteiger partial charge on any atom is -0.434 e. The zero-order chi connectivity index (χ0) is 15.8. The Labute approximate surface area is 131 Å². The first kappa shape index (κ1) is 16.1. The third-order valence-corrected chi connectivity index (χ3v) is 3.64. The number of ether oxygens (including phenoxy) is 2. The molecule has 0 heterocycles. The van der Waals surface area contributed by atoms with Gasteiger partial charge in [-0.25, -0.2) is 4.79 Å². The molecule has 0 aliphatic carbocycles. The van der Waals surface area contributed by atoms with E-state index in [1.807, 2.05) is 74.5 Å². The molecule has 0 amide bonds. The normalized spacial score (nSPS) is 13.2. The molecular weight excluding hydrogens is 276 g/mol. The average Bonchev–Trinajstić information content (AvgIpc) is 2.59. The van der Waals surface area contributed by atoms with Gasteiger partial charge in [0.1, 0.15) is 13.2 Å². The zero-order valence-corrected chi connectivity index (χ0v) is 13.1. The van der Waals surface area contributed by atoms with Crippen molar-refractivity contribution in [3.63, 3.8) is 0 Å². The number of hydrogen-bond donors (Lipinski definition) is 0. The Morgan fingerprint density at radius 1 is 0.773 bits per heavy atom. The molecule has 0 N–H and O–H groups in total. The second kappa shape index (κ2) is 8.23. The SMILES string of the molecule is CC(COC(=O)OCC(C)c1ccccc1)c1ccccc1. The molecule has 0 saturated carbocycles. The van der Waals surface area contributed by atoms with Crippen LogP contribution in [0.4, 0.5) is 4.79 Å². The second-order valence-electron chi connectivity index (χ2n) is 5.50. The monoisotopic (exact) mass is 298 g/mol. The second-order valence-corrected chi connectivity index (χ2v) is 5.50. The Kier molecular flexibility index (Phi) is 6.01. The summed E-state index contributed by atoms with van der Waals surface area (Å²) in [6.45, 7) is 4.69. The summed E-state index contributed by atoms with van der Waals surface area (Å²) in [6.07, 6.45) is -0.606. The standard InChI is InChI=1S/C19H22O3/c1-15(17-9-5-3-6-10-17)13-21-19(20)22-14-16(2)18-11-7-4-8-12-18/h3-12,15-16H,13-14H2,1-2H3. The van der Waals surface area contributed by atoms with Crippen molar-refractivity contribution in [1.29, 1.82) is 0 Å². The van der Waals surface area contributed by atoms with Gasteiger partial charge in [0.2, 0.25) is 0 Å². The van der Waals surface area contributed by atoms with Gasteiger partial charge in [-0.15, -0.1) is 0 Å². The lowest BCUT2D eigenvalue weighted by Crippen LogP contribution is -2.15. The van der Waals surface area contributed by atoms with Crippen LogP contribution in [0, 0.1) is 0 Å². The van der Waals surface area contributed by atoms with Crippen molar-refractivity contribution in [3.05, 3.63) is 71.8 Å². The van der Waals surface area contributed by atoms with Crippen LogP contribution < -0.4 is 0 Å². The van der Waals surface area contributed by atoms with Crippen molar-refractivity contribution in [1.82, 2.24) is 0 Å². The zero-order valence-electron chi connectivity index (χ0n) is 13.1. The highest BCUT2D eigenvalue weighted by molar-refractivity contribution is 5.60. The van der Waals surface area contributed by atoms with Gasteiger partial charge in [-0.1, -0.05) is 74.5 Å². The number of benzene rings is 2. The summed E-state index contributed by atoms with van der Waals surface area (Å²) < 4.78 is 10.4. The predicted molar refractivity (Wildman–Crippen MR) is 87.0 cm³/mol. The van der Waals surface area contributed by atoms with Gasteiger partial charge in [-0.3, -0.25) is 0 Å². The van der Waals surface area contributed by atoms with Crippen LogP contribution in [0.15, 0.2) is 60.7 Å². The van der Waals surface area contributed by atoms with E-state index in [4.69, 9.17) is 9.47 Å². The molecule has 22 heavy (non-hydrogen) atoms. The van der Waals surface area contributed by atoms with E-state index in [2.05, 4.69) is 0 Å². The van der Waals surface area contributed by atoms with Crippen LogP contribution in [0.5, 0.6) is 0 Å². The molecule has 0 aliphatic heterocycles. The molecule has 0 aromatic heterocycles. The van der Waals surface area contributed by atoms with Gasteiger partial charge < -0.3 is 9.47 Å². The minimum absolute atomic E-state index is 0.153.